The van der Waals surface area contributed by atoms with Crippen LogP contribution in [0.2, 0.25) is 0 Å². The Kier molecular flexibility index (Phi) is 6.96. The lowest BCUT2D eigenvalue weighted by molar-refractivity contribution is -0.126. The molecule has 3 aromatic heterocycles. The number of hydrogen-bond acceptors (Lipinski definition) is 7. The van der Waals surface area contributed by atoms with Gasteiger partial charge in [0, 0.05) is 48.0 Å². The molecule has 37 heavy (non-hydrogen) atoms. The molecule has 1 aromatic carbocycles. The molecular formula is C26H28F3N7S. The van der Waals surface area contributed by atoms with Crippen LogP contribution in [-0.2, 0) is 13.0 Å². The Morgan fingerprint density at radius 2 is 1.97 bits per heavy atom. The third-order valence-corrected chi connectivity index (χ3v) is 7.81. The van der Waals surface area contributed by atoms with Crippen LogP contribution in [0.1, 0.15) is 41.5 Å². The van der Waals surface area contributed by atoms with Crippen molar-refractivity contribution in [2.24, 2.45) is 0 Å². The van der Waals surface area contributed by atoms with Gasteiger partial charge >= 0.3 is 6.18 Å². The number of fused-ring (bicyclic) bond motifs is 2. The van der Waals surface area contributed by atoms with Gasteiger partial charge in [0.15, 0.2) is 0 Å². The zero-order valence-corrected chi connectivity index (χ0v) is 21.5. The molecule has 0 atom stereocenters. The van der Waals surface area contributed by atoms with Crippen LogP contribution < -0.4 is 10.6 Å². The first-order valence-electron chi connectivity index (χ1n) is 12.3. The highest BCUT2D eigenvalue weighted by molar-refractivity contribution is 7.18. The first kappa shape index (κ1) is 25.3. The van der Waals surface area contributed by atoms with E-state index in [9.17, 15) is 18.4 Å². The number of alkyl halides is 3. The molecule has 3 N–H and O–H groups in total. The minimum Gasteiger partial charge on any atom is -0.367 e. The number of aryl methyl sites for hydroxylation is 1. The summed E-state index contributed by atoms with van der Waals surface area (Å²) in [5.74, 6) is 1.01. The zero-order valence-electron chi connectivity index (χ0n) is 20.7. The Morgan fingerprint density at radius 3 is 2.68 bits per heavy atom. The van der Waals surface area contributed by atoms with Crippen molar-refractivity contribution in [2.75, 3.05) is 30.3 Å². The number of benzene rings is 1. The van der Waals surface area contributed by atoms with Crippen LogP contribution in [0.25, 0.3) is 21.1 Å². The fourth-order valence-corrected chi connectivity index (χ4v) is 5.96. The van der Waals surface area contributed by atoms with Crippen LogP contribution in [0, 0.1) is 18.3 Å². The standard InChI is InChI=1S/C26H28F3N7S/c1-3-31-25-34-23(21-11-19(12-26(27,28)29)37-24(21)35-25)33-17-6-8-36(9-7-17)14-16-4-5-22-20(15(16)2)10-18(13-30)32-22/h4-5,10-11,17,32H,3,6-9,12,14H2,1-2H3,(H2,31,33,34,35). The minimum absolute atomic E-state index is 0.168. The zero-order chi connectivity index (χ0) is 26.2. The maximum absolute atomic E-state index is 13.0. The topological polar surface area (TPSA) is 92.7 Å². The van der Waals surface area contributed by atoms with Crippen LogP contribution in [0.15, 0.2) is 24.3 Å². The number of H-pyrrole nitrogens is 1. The van der Waals surface area contributed by atoms with Crippen LogP contribution in [0.5, 0.6) is 0 Å². The second kappa shape index (κ2) is 10.2. The van der Waals surface area contributed by atoms with Gasteiger partial charge in [0.05, 0.1) is 11.8 Å². The van der Waals surface area contributed by atoms with Crippen molar-refractivity contribution in [1.29, 1.82) is 5.26 Å². The highest BCUT2D eigenvalue weighted by Gasteiger charge is 2.29. The van der Waals surface area contributed by atoms with Gasteiger partial charge in [-0.2, -0.15) is 23.4 Å². The quantitative estimate of drug-likeness (QED) is 0.274. The van der Waals surface area contributed by atoms with Crippen LogP contribution in [0.4, 0.5) is 24.9 Å². The Labute approximate surface area is 216 Å². The van der Waals surface area contributed by atoms with Crippen molar-refractivity contribution in [1.82, 2.24) is 19.9 Å². The number of piperidine rings is 1. The highest BCUT2D eigenvalue weighted by Crippen LogP contribution is 2.34. The van der Waals surface area contributed by atoms with E-state index in [2.05, 4.69) is 49.5 Å². The number of thiophene rings is 1. The van der Waals surface area contributed by atoms with E-state index in [0.29, 0.717) is 34.2 Å². The smallest absolute Gasteiger partial charge is 0.367 e. The Bertz CT molecular complexity index is 1460. The lowest BCUT2D eigenvalue weighted by atomic mass is 10.0. The van der Waals surface area contributed by atoms with Crippen molar-refractivity contribution in [3.8, 4) is 6.07 Å². The molecule has 7 nitrogen and oxygen atoms in total. The summed E-state index contributed by atoms with van der Waals surface area (Å²) in [5.41, 5.74) is 3.96. The molecule has 0 spiro atoms. The average Bonchev–Trinajstić information content (AvgIpc) is 3.45. The van der Waals surface area contributed by atoms with E-state index in [1.165, 1.54) is 11.1 Å². The van der Waals surface area contributed by atoms with Crippen molar-refractivity contribution in [3.63, 3.8) is 0 Å². The molecule has 11 heteroatoms. The predicted molar refractivity (Wildman–Crippen MR) is 141 cm³/mol. The number of nitrogens with one attached hydrogen (secondary N) is 3. The van der Waals surface area contributed by atoms with E-state index in [1.807, 2.05) is 19.1 Å². The van der Waals surface area contributed by atoms with Gasteiger partial charge in [-0.1, -0.05) is 6.07 Å². The number of nitrogens with zero attached hydrogens (tertiary/aromatic N) is 4. The summed E-state index contributed by atoms with van der Waals surface area (Å²) in [5, 5.41) is 17.5. The Balaban J connectivity index is 1.28. The molecular weight excluding hydrogens is 499 g/mol. The maximum Gasteiger partial charge on any atom is 0.393 e. The second-order valence-corrected chi connectivity index (χ2v) is 10.6. The largest absolute Gasteiger partial charge is 0.393 e. The Morgan fingerprint density at radius 1 is 1.19 bits per heavy atom. The summed E-state index contributed by atoms with van der Waals surface area (Å²) in [6.45, 7) is 7.26. The molecule has 1 aliphatic heterocycles. The van der Waals surface area contributed by atoms with Gasteiger partial charge < -0.3 is 15.6 Å². The Hall–Kier alpha value is -3.36. The SMILES string of the molecule is CCNc1nc(NC2CCN(Cc3ccc4[nH]c(C#N)cc4c3C)CC2)c2cc(CC(F)(F)F)sc2n1. The molecule has 0 unspecified atom stereocenters. The van der Waals surface area contributed by atoms with Crippen LogP contribution in [-0.4, -0.2) is 51.7 Å². The molecule has 5 rings (SSSR count). The molecule has 0 amide bonds. The summed E-state index contributed by atoms with van der Waals surface area (Å²) in [6, 6.07) is 9.95. The molecule has 1 fully saturated rings. The summed E-state index contributed by atoms with van der Waals surface area (Å²) < 4.78 is 38.9. The van der Waals surface area contributed by atoms with Gasteiger partial charge in [-0.15, -0.1) is 11.3 Å². The molecule has 0 aliphatic carbocycles. The molecule has 1 saturated heterocycles. The average molecular weight is 528 g/mol. The monoisotopic (exact) mass is 527 g/mol. The van der Waals surface area contributed by atoms with E-state index in [0.717, 1.165) is 54.7 Å². The van der Waals surface area contributed by atoms with E-state index in [-0.39, 0.29) is 10.9 Å². The van der Waals surface area contributed by atoms with Crippen molar-refractivity contribution in [2.45, 2.75) is 51.9 Å². The maximum atomic E-state index is 13.0. The number of aromatic nitrogens is 3. The number of anilines is 2. The summed E-state index contributed by atoms with van der Waals surface area (Å²) >= 11 is 1.07. The molecule has 0 radical (unpaired) electrons. The number of likely N-dealkylation sites (tertiary alicyclic amines) is 1. The van der Waals surface area contributed by atoms with Gasteiger partial charge in [-0.05, 0) is 56.0 Å². The number of halogens is 3. The molecule has 4 heterocycles. The van der Waals surface area contributed by atoms with Gasteiger partial charge in [0.25, 0.3) is 0 Å². The van der Waals surface area contributed by atoms with Gasteiger partial charge in [0.2, 0.25) is 5.95 Å². The lowest BCUT2D eigenvalue weighted by Crippen LogP contribution is -2.39. The molecule has 0 bridgehead atoms. The predicted octanol–water partition coefficient (Wildman–Crippen LogP) is 5.97. The summed E-state index contributed by atoms with van der Waals surface area (Å²) in [6.07, 6.45) is -3.44. The van der Waals surface area contributed by atoms with Crippen molar-refractivity contribution >= 4 is 44.2 Å². The normalized spacial score (nSPS) is 15.4. The fraction of sp³-hybridized carbons (Fsp3) is 0.423. The number of aromatic amines is 1. The first-order valence-corrected chi connectivity index (χ1v) is 13.2. The van der Waals surface area contributed by atoms with Crippen molar-refractivity contribution < 1.29 is 13.2 Å². The van der Waals surface area contributed by atoms with Crippen LogP contribution >= 0.6 is 11.3 Å². The van der Waals surface area contributed by atoms with Crippen molar-refractivity contribution in [3.05, 3.63) is 46.0 Å². The van der Waals surface area contributed by atoms with E-state index in [4.69, 9.17) is 0 Å². The van der Waals surface area contributed by atoms with E-state index < -0.39 is 12.6 Å². The van der Waals surface area contributed by atoms with E-state index >= 15 is 0 Å². The lowest BCUT2D eigenvalue weighted by Gasteiger charge is -2.33. The highest BCUT2D eigenvalue weighted by atomic mass is 32.1. The van der Waals surface area contributed by atoms with Gasteiger partial charge in [-0.25, -0.2) is 4.98 Å². The molecule has 4 aromatic rings. The summed E-state index contributed by atoms with van der Waals surface area (Å²) in [7, 11) is 0. The molecule has 1 aliphatic rings. The van der Waals surface area contributed by atoms with Crippen LogP contribution in [0.3, 0.4) is 0 Å². The molecule has 0 saturated carbocycles. The fourth-order valence-electron chi connectivity index (χ4n) is 4.90. The minimum atomic E-state index is -4.26. The van der Waals surface area contributed by atoms with Gasteiger partial charge in [-0.3, -0.25) is 4.90 Å². The number of nitriles is 1. The third kappa shape index (κ3) is 5.65. The second-order valence-electron chi connectivity index (χ2n) is 9.45. The number of rotatable bonds is 7. The first-order chi connectivity index (χ1) is 17.7. The number of hydrogen-bond donors (Lipinski definition) is 3. The third-order valence-electron chi connectivity index (χ3n) is 6.78. The molecule has 194 valence electrons. The van der Waals surface area contributed by atoms with E-state index in [1.54, 1.807) is 6.07 Å². The van der Waals surface area contributed by atoms with Gasteiger partial charge in [0.1, 0.15) is 22.4 Å². The summed E-state index contributed by atoms with van der Waals surface area (Å²) in [4.78, 5) is 15.3.